The van der Waals surface area contributed by atoms with Crippen molar-refractivity contribution in [1.82, 2.24) is 0 Å². The predicted molar refractivity (Wildman–Crippen MR) is 181 cm³/mol. The summed E-state index contributed by atoms with van der Waals surface area (Å²) in [5.74, 6) is -4.41. The Bertz CT molecular complexity index is 1790. The maximum atomic E-state index is 13.6. The molecular weight excluding hydrogens is 713 g/mol. The van der Waals surface area contributed by atoms with E-state index in [1.165, 1.54) is 48.5 Å². The molecule has 0 bridgehead atoms. The lowest BCUT2D eigenvalue weighted by atomic mass is 9.97. The maximum absolute atomic E-state index is 13.6. The molecule has 0 radical (unpaired) electrons. The van der Waals surface area contributed by atoms with Gasteiger partial charge in [-0.1, -0.05) is 108 Å². The highest BCUT2D eigenvalue weighted by Gasteiger charge is 2.55. The number of carbonyl (C=O) groups excluding carboxylic acids is 4. The number of nitrogens with one attached hydrogen (secondary N) is 1. The molecule has 4 aromatic carbocycles. The molecule has 14 heteroatoms. The van der Waals surface area contributed by atoms with Gasteiger partial charge in [-0.15, -0.1) is 0 Å². The smallest absolute Gasteiger partial charge is 0.338 e. The highest BCUT2D eigenvalue weighted by atomic mass is 35.6. The Kier molecular flexibility index (Phi) is 12.1. The molecule has 0 spiro atoms. The molecule has 1 aliphatic rings. The number of ether oxygens (including phenoxy) is 6. The molecule has 4 aromatic rings. The van der Waals surface area contributed by atoms with Crippen LogP contribution in [0, 0.1) is 5.41 Å². The molecule has 0 unspecified atom stereocenters. The van der Waals surface area contributed by atoms with Crippen molar-refractivity contribution in [3.05, 3.63) is 144 Å². The van der Waals surface area contributed by atoms with Crippen LogP contribution in [0.4, 0.5) is 0 Å². The van der Waals surface area contributed by atoms with Gasteiger partial charge in [0.05, 0.1) is 22.3 Å². The average Bonchev–Trinajstić information content (AvgIpc) is 3.13. The predicted octanol–water partition coefficient (Wildman–Crippen LogP) is 6.61. The Morgan fingerprint density at radius 2 is 0.900 bits per heavy atom. The van der Waals surface area contributed by atoms with Crippen LogP contribution in [0.15, 0.2) is 121 Å². The highest BCUT2D eigenvalue weighted by Crippen LogP contribution is 2.35. The Hall–Kier alpha value is -4.94. The number of alkyl halides is 3. The standard InChI is InChI=1S/C36H28Cl3NO10/c37-36(38,39)35(40)50-34-29(49-33(44)25-19-11-4-12-20-25)28(48-32(43)24-17-9-3-10-18-24)27(47-31(42)23-15-7-2-8-16-23)26(46-34)21-45-30(41)22-13-5-1-6-14-22/h1-20,26-29,34,40H,21H2/t26-,27-,28+,29+,34+/m1/s1. The van der Waals surface area contributed by atoms with E-state index in [9.17, 15) is 19.2 Å². The summed E-state index contributed by atoms with van der Waals surface area (Å²) in [7, 11) is 0. The molecule has 1 N–H and O–H groups in total. The molecule has 0 amide bonds. The second kappa shape index (κ2) is 16.6. The largest absolute Gasteiger partial charge is 0.459 e. The fraction of sp³-hybridized carbons (Fsp3) is 0.194. The minimum absolute atomic E-state index is 0.0904. The van der Waals surface area contributed by atoms with Crippen molar-refractivity contribution in [2.75, 3.05) is 6.61 Å². The number of halogens is 3. The number of rotatable bonds is 10. The first-order valence-corrected chi connectivity index (χ1v) is 16.1. The zero-order valence-corrected chi connectivity index (χ0v) is 28.1. The average molecular weight is 741 g/mol. The minimum Gasteiger partial charge on any atom is -0.459 e. The van der Waals surface area contributed by atoms with Gasteiger partial charge in [0.25, 0.3) is 3.79 Å². The van der Waals surface area contributed by atoms with Crippen molar-refractivity contribution in [3.8, 4) is 0 Å². The summed E-state index contributed by atoms with van der Waals surface area (Å²) in [6, 6.07) is 31.5. The van der Waals surface area contributed by atoms with Crippen molar-refractivity contribution >= 4 is 64.6 Å². The molecule has 5 atom stereocenters. The van der Waals surface area contributed by atoms with Gasteiger partial charge in [-0.3, -0.25) is 5.41 Å². The van der Waals surface area contributed by atoms with Gasteiger partial charge >= 0.3 is 23.9 Å². The van der Waals surface area contributed by atoms with Gasteiger partial charge in [0.2, 0.25) is 18.3 Å². The Morgan fingerprint density at radius 3 is 1.30 bits per heavy atom. The van der Waals surface area contributed by atoms with E-state index >= 15 is 0 Å². The molecular formula is C36H28Cl3NO10. The third-order valence-electron chi connectivity index (χ3n) is 7.23. The summed E-state index contributed by atoms with van der Waals surface area (Å²) < 4.78 is 32.5. The highest BCUT2D eigenvalue weighted by molar-refractivity contribution is 6.76. The van der Waals surface area contributed by atoms with E-state index in [2.05, 4.69) is 0 Å². The Morgan fingerprint density at radius 1 is 0.540 bits per heavy atom. The number of benzene rings is 4. The molecule has 1 aliphatic heterocycles. The number of hydrogen-bond acceptors (Lipinski definition) is 11. The molecule has 0 aromatic heterocycles. The second-order valence-electron chi connectivity index (χ2n) is 10.7. The molecule has 50 heavy (non-hydrogen) atoms. The maximum Gasteiger partial charge on any atom is 0.338 e. The van der Waals surface area contributed by atoms with E-state index in [-0.39, 0.29) is 22.3 Å². The molecule has 1 heterocycles. The molecule has 11 nitrogen and oxygen atoms in total. The zero-order chi connectivity index (χ0) is 35.7. The monoisotopic (exact) mass is 739 g/mol. The third-order valence-corrected chi connectivity index (χ3v) is 7.74. The lowest BCUT2D eigenvalue weighted by Gasteiger charge is -2.44. The van der Waals surface area contributed by atoms with Gasteiger partial charge in [-0.25, -0.2) is 19.2 Å². The fourth-order valence-electron chi connectivity index (χ4n) is 4.81. The van der Waals surface area contributed by atoms with E-state index < -0.39 is 70.9 Å². The normalized spacial score (nSPS) is 20.1. The van der Waals surface area contributed by atoms with Crippen molar-refractivity contribution in [1.29, 1.82) is 5.41 Å². The first-order chi connectivity index (χ1) is 24.0. The third kappa shape index (κ3) is 9.39. The van der Waals surface area contributed by atoms with Crippen LogP contribution >= 0.6 is 34.8 Å². The first-order valence-electron chi connectivity index (χ1n) is 15.0. The van der Waals surface area contributed by atoms with Crippen molar-refractivity contribution in [3.63, 3.8) is 0 Å². The topological polar surface area (TPSA) is 148 Å². The van der Waals surface area contributed by atoms with Crippen LogP contribution in [-0.4, -0.2) is 70.9 Å². The fourth-order valence-corrected chi connectivity index (χ4v) is 4.94. The molecule has 258 valence electrons. The lowest BCUT2D eigenvalue weighted by molar-refractivity contribution is -0.279. The minimum atomic E-state index is -2.40. The Balaban J connectivity index is 1.58. The van der Waals surface area contributed by atoms with Gasteiger partial charge < -0.3 is 28.4 Å². The van der Waals surface area contributed by atoms with E-state index in [4.69, 9.17) is 68.6 Å². The van der Waals surface area contributed by atoms with E-state index in [0.717, 1.165) is 0 Å². The number of hydrogen-bond donors (Lipinski definition) is 1. The molecule has 1 fully saturated rings. The summed E-state index contributed by atoms with van der Waals surface area (Å²) in [5, 5.41) is 8.26. The van der Waals surface area contributed by atoms with Gasteiger partial charge in [-0.05, 0) is 48.5 Å². The van der Waals surface area contributed by atoms with E-state index in [1.807, 2.05) is 0 Å². The van der Waals surface area contributed by atoms with Crippen LogP contribution in [0.25, 0.3) is 0 Å². The van der Waals surface area contributed by atoms with E-state index in [0.29, 0.717) is 0 Å². The van der Waals surface area contributed by atoms with Crippen LogP contribution in [0.2, 0.25) is 0 Å². The molecule has 0 saturated carbocycles. The van der Waals surface area contributed by atoms with Crippen LogP contribution in [0.5, 0.6) is 0 Å². The Labute approximate surface area is 301 Å². The summed E-state index contributed by atoms with van der Waals surface area (Å²) in [5.41, 5.74) is 0.509. The van der Waals surface area contributed by atoms with Gasteiger partial charge in [0.1, 0.15) is 12.7 Å². The van der Waals surface area contributed by atoms with Crippen molar-refractivity contribution in [2.24, 2.45) is 0 Å². The SMILES string of the molecule is N=C(O[C@@H]1O[C@H](COC(=O)c2ccccc2)[C@@H](OC(=O)c2ccccc2)[C@H](OC(=O)c2ccccc2)[C@@H]1OC(=O)c1ccccc1)C(Cl)(Cl)Cl. The molecule has 0 aliphatic carbocycles. The number of esters is 4. The zero-order valence-electron chi connectivity index (χ0n) is 25.9. The summed E-state index contributed by atoms with van der Waals surface area (Å²) in [4.78, 5) is 53.5. The summed E-state index contributed by atoms with van der Waals surface area (Å²) >= 11 is 17.8. The summed E-state index contributed by atoms with van der Waals surface area (Å²) in [6.45, 7) is -0.597. The van der Waals surface area contributed by atoms with Crippen LogP contribution in [0.3, 0.4) is 0 Å². The lowest BCUT2D eigenvalue weighted by Crippen LogP contribution is -2.63. The van der Waals surface area contributed by atoms with Gasteiger partial charge in [-0.2, -0.15) is 0 Å². The quantitative estimate of drug-likeness (QED) is 0.0620. The second-order valence-corrected chi connectivity index (χ2v) is 12.9. The van der Waals surface area contributed by atoms with Crippen molar-refractivity contribution in [2.45, 2.75) is 34.5 Å². The molecule has 5 rings (SSSR count). The summed E-state index contributed by atoms with van der Waals surface area (Å²) in [6.07, 6.45) is -8.34. The van der Waals surface area contributed by atoms with Crippen molar-refractivity contribution < 1.29 is 47.6 Å². The number of carbonyl (C=O) groups is 4. The first kappa shape index (κ1) is 36.3. The van der Waals surface area contributed by atoms with Gasteiger partial charge in [0.15, 0.2) is 12.2 Å². The van der Waals surface area contributed by atoms with Crippen LogP contribution in [-0.2, 0) is 28.4 Å². The van der Waals surface area contributed by atoms with Gasteiger partial charge in [0, 0.05) is 0 Å². The van der Waals surface area contributed by atoms with Crippen LogP contribution < -0.4 is 0 Å². The van der Waals surface area contributed by atoms with Crippen LogP contribution in [0.1, 0.15) is 41.4 Å². The molecule has 1 saturated heterocycles. The van der Waals surface area contributed by atoms with E-state index in [1.54, 1.807) is 72.8 Å².